The average Bonchev–Trinajstić information content (AvgIpc) is 2.58. The highest BCUT2D eigenvalue weighted by molar-refractivity contribution is 6.02. The van der Waals surface area contributed by atoms with Gasteiger partial charge >= 0.3 is 11.9 Å². The highest BCUT2D eigenvalue weighted by Gasteiger charge is 2.56. The predicted octanol–water partition coefficient (Wildman–Crippen LogP) is 3.18. The third kappa shape index (κ3) is 5.76. The van der Waals surface area contributed by atoms with Crippen molar-refractivity contribution in [2.24, 2.45) is 17.8 Å². The number of ether oxygens (including phenoxy) is 2. The normalized spacial score (nSPS) is 27.4. The summed E-state index contributed by atoms with van der Waals surface area (Å²) in [7, 11) is 0. The molecule has 0 heterocycles. The first-order valence-corrected chi connectivity index (χ1v) is 9.92. The Morgan fingerprint density at radius 3 is 2.17 bits per heavy atom. The first kappa shape index (κ1) is 22.8. The van der Waals surface area contributed by atoms with E-state index in [2.05, 4.69) is 0 Å². The molecular formula is C23H30O6. The molecule has 158 valence electrons. The maximum Gasteiger partial charge on any atom is 0.317 e. The molecule has 0 saturated heterocycles. The molecule has 6 heteroatoms. The summed E-state index contributed by atoms with van der Waals surface area (Å²) in [5, 5.41) is 10.9. The van der Waals surface area contributed by atoms with Crippen LogP contribution in [0.15, 0.2) is 36.4 Å². The molecule has 1 aliphatic carbocycles. The Morgan fingerprint density at radius 2 is 1.62 bits per heavy atom. The second-order valence-electron chi connectivity index (χ2n) is 8.27. The SMILES string of the molecule is CC(C)OC(=O)[C@@H]1C(=O)C[C@](C)(O)[C@@H](C(=O)OC(C)C)[C@H]1/C=C/c1ccccc1. The van der Waals surface area contributed by atoms with Crippen molar-refractivity contribution in [1.82, 2.24) is 0 Å². The lowest BCUT2D eigenvalue weighted by atomic mass is 9.63. The molecule has 1 aromatic carbocycles. The Morgan fingerprint density at radius 1 is 1.07 bits per heavy atom. The third-order valence-corrected chi connectivity index (χ3v) is 4.84. The minimum atomic E-state index is -1.64. The number of benzene rings is 1. The summed E-state index contributed by atoms with van der Waals surface area (Å²) in [6.45, 7) is 8.24. The molecule has 0 radical (unpaired) electrons. The van der Waals surface area contributed by atoms with Crippen molar-refractivity contribution in [3.8, 4) is 0 Å². The lowest BCUT2D eigenvalue weighted by Crippen LogP contribution is -2.56. The van der Waals surface area contributed by atoms with Crippen LogP contribution in [-0.2, 0) is 23.9 Å². The minimum Gasteiger partial charge on any atom is -0.463 e. The number of hydrogen-bond donors (Lipinski definition) is 1. The fourth-order valence-corrected chi connectivity index (χ4v) is 3.71. The Bertz CT molecular complexity index is 755. The van der Waals surface area contributed by atoms with Crippen molar-refractivity contribution in [2.45, 2.75) is 58.8 Å². The third-order valence-electron chi connectivity index (χ3n) is 4.84. The van der Waals surface area contributed by atoms with Crippen LogP contribution in [0.1, 0.15) is 46.6 Å². The van der Waals surface area contributed by atoms with Gasteiger partial charge < -0.3 is 14.6 Å². The van der Waals surface area contributed by atoms with Crippen molar-refractivity contribution in [2.75, 3.05) is 0 Å². The fraction of sp³-hybridized carbons (Fsp3) is 0.522. The second kappa shape index (κ2) is 9.35. The lowest BCUT2D eigenvalue weighted by molar-refractivity contribution is -0.178. The standard InChI is InChI=1S/C23H30O6/c1-14(2)28-21(25)19-17(12-11-16-9-7-6-8-10-16)20(22(26)29-15(3)4)23(5,27)13-18(19)24/h6-12,14-15,17,19-20,27H,13H2,1-5H3/b12-11+/t17-,19-,20+,23-/m0/s1. The highest BCUT2D eigenvalue weighted by Crippen LogP contribution is 2.42. The fourth-order valence-electron chi connectivity index (χ4n) is 3.71. The number of carbonyl (C=O) groups is 3. The van der Waals surface area contributed by atoms with E-state index in [9.17, 15) is 19.5 Å². The van der Waals surface area contributed by atoms with Crippen molar-refractivity contribution in [3.63, 3.8) is 0 Å². The molecule has 0 aromatic heterocycles. The number of hydrogen-bond acceptors (Lipinski definition) is 6. The van der Waals surface area contributed by atoms with Crippen LogP contribution in [-0.4, -0.2) is 40.6 Å². The molecular weight excluding hydrogens is 372 g/mol. The number of carbonyl (C=O) groups excluding carboxylic acids is 3. The molecule has 0 amide bonds. The molecule has 1 saturated carbocycles. The Kier molecular flexibility index (Phi) is 7.36. The van der Waals surface area contributed by atoms with Crippen LogP contribution in [0.25, 0.3) is 6.08 Å². The molecule has 6 nitrogen and oxygen atoms in total. The van der Waals surface area contributed by atoms with Gasteiger partial charge in [-0.2, -0.15) is 0 Å². The van der Waals surface area contributed by atoms with E-state index in [0.717, 1.165) is 5.56 Å². The summed E-state index contributed by atoms with van der Waals surface area (Å²) >= 11 is 0. The van der Waals surface area contributed by atoms with Crippen LogP contribution in [0.5, 0.6) is 0 Å². The molecule has 4 atom stereocenters. The van der Waals surface area contributed by atoms with E-state index in [1.165, 1.54) is 6.92 Å². The van der Waals surface area contributed by atoms with Crippen molar-refractivity contribution in [3.05, 3.63) is 42.0 Å². The lowest BCUT2D eigenvalue weighted by Gasteiger charge is -2.42. The molecule has 0 unspecified atom stereocenters. The maximum atomic E-state index is 12.9. The smallest absolute Gasteiger partial charge is 0.317 e. The number of esters is 2. The van der Waals surface area contributed by atoms with Gasteiger partial charge in [0.05, 0.1) is 23.7 Å². The number of allylic oxidation sites excluding steroid dienone is 1. The van der Waals surface area contributed by atoms with E-state index in [0.29, 0.717) is 0 Å². The summed E-state index contributed by atoms with van der Waals surface area (Å²) in [6, 6.07) is 9.32. The number of Topliss-reactive ketones (excluding diaryl/α,β-unsaturated/α-hetero) is 1. The molecule has 1 aliphatic rings. The number of rotatable bonds is 6. The van der Waals surface area contributed by atoms with Gasteiger partial charge in [0, 0.05) is 12.3 Å². The zero-order valence-electron chi connectivity index (χ0n) is 17.6. The summed E-state index contributed by atoms with van der Waals surface area (Å²) in [5.74, 6) is -4.91. The van der Waals surface area contributed by atoms with Crippen LogP contribution in [0.4, 0.5) is 0 Å². The molecule has 1 fully saturated rings. The van der Waals surface area contributed by atoms with Gasteiger partial charge in [0.1, 0.15) is 5.92 Å². The van der Waals surface area contributed by atoms with Gasteiger partial charge in [0.2, 0.25) is 0 Å². The Labute approximate surface area is 171 Å². The molecule has 0 spiro atoms. The maximum absolute atomic E-state index is 12.9. The van der Waals surface area contributed by atoms with Crippen LogP contribution in [0.2, 0.25) is 0 Å². The average molecular weight is 402 g/mol. The second-order valence-corrected chi connectivity index (χ2v) is 8.27. The highest BCUT2D eigenvalue weighted by atomic mass is 16.5. The summed E-state index contributed by atoms with van der Waals surface area (Å²) < 4.78 is 10.6. The molecule has 0 aliphatic heterocycles. The molecule has 0 bridgehead atoms. The minimum absolute atomic E-state index is 0.321. The summed E-state index contributed by atoms with van der Waals surface area (Å²) in [5.41, 5.74) is -0.791. The van der Waals surface area contributed by atoms with Crippen molar-refractivity contribution >= 4 is 23.8 Å². The summed E-state index contributed by atoms with van der Waals surface area (Å²) in [6.07, 6.45) is 2.26. The predicted molar refractivity (Wildman–Crippen MR) is 109 cm³/mol. The van der Waals surface area contributed by atoms with Gasteiger partial charge in [0.15, 0.2) is 5.78 Å². The van der Waals surface area contributed by atoms with Crippen molar-refractivity contribution in [1.29, 1.82) is 0 Å². The van der Waals surface area contributed by atoms with Gasteiger partial charge in [-0.25, -0.2) is 0 Å². The topological polar surface area (TPSA) is 89.9 Å². The summed E-state index contributed by atoms with van der Waals surface area (Å²) in [4.78, 5) is 38.4. The van der Waals surface area contributed by atoms with E-state index in [1.54, 1.807) is 39.8 Å². The number of ketones is 1. The van der Waals surface area contributed by atoms with Gasteiger partial charge in [-0.1, -0.05) is 42.5 Å². The zero-order valence-corrected chi connectivity index (χ0v) is 17.6. The largest absolute Gasteiger partial charge is 0.463 e. The zero-order chi connectivity index (χ0) is 21.8. The van der Waals surface area contributed by atoms with Crippen LogP contribution in [0.3, 0.4) is 0 Å². The van der Waals surface area contributed by atoms with Gasteiger partial charge in [-0.3, -0.25) is 14.4 Å². The first-order valence-electron chi connectivity index (χ1n) is 9.92. The van der Waals surface area contributed by atoms with Crippen LogP contribution >= 0.6 is 0 Å². The molecule has 29 heavy (non-hydrogen) atoms. The first-order chi connectivity index (χ1) is 13.5. The van der Waals surface area contributed by atoms with E-state index in [4.69, 9.17) is 9.47 Å². The Balaban J connectivity index is 2.50. The van der Waals surface area contributed by atoms with E-state index < -0.39 is 53.3 Å². The van der Waals surface area contributed by atoms with Gasteiger partial charge in [-0.05, 0) is 40.2 Å². The van der Waals surface area contributed by atoms with E-state index >= 15 is 0 Å². The molecule has 1 aromatic rings. The van der Waals surface area contributed by atoms with Gasteiger partial charge in [0.25, 0.3) is 0 Å². The quantitative estimate of drug-likeness (QED) is 0.581. The molecule has 1 N–H and O–H groups in total. The van der Waals surface area contributed by atoms with Crippen LogP contribution < -0.4 is 0 Å². The monoisotopic (exact) mass is 402 g/mol. The number of aliphatic hydroxyl groups is 1. The van der Waals surface area contributed by atoms with Crippen LogP contribution in [0, 0.1) is 17.8 Å². The van der Waals surface area contributed by atoms with E-state index in [-0.39, 0.29) is 6.42 Å². The molecule has 2 rings (SSSR count). The van der Waals surface area contributed by atoms with E-state index in [1.807, 2.05) is 30.3 Å². The Hall–Kier alpha value is -2.47. The van der Waals surface area contributed by atoms with Crippen molar-refractivity contribution < 1.29 is 29.0 Å². The van der Waals surface area contributed by atoms with Gasteiger partial charge in [-0.15, -0.1) is 0 Å².